The number of aryl methyl sites for hydroxylation is 2. The van der Waals surface area contributed by atoms with Crippen LogP contribution < -0.4 is 0 Å². The van der Waals surface area contributed by atoms with Gasteiger partial charge in [-0.05, 0) is 96.2 Å². The van der Waals surface area contributed by atoms with E-state index in [1.54, 1.807) is 22.3 Å². The predicted molar refractivity (Wildman–Crippen MR) is 484 cm³/mol. The van der Waals surface area contributed by atoms with Gasteiger partial charge in [0.1, 0.15) is 22.1 Å². The summed E-state index contributed by atoms with van der Waals surface area (Å²) < 4.78 is 21.0. The Labute approximate surface area is 678 Å². The molecule has 0 bridgehead atoms. The lowest BCUT2D eigenvalue weighted by molar-refractivity contribution is 0.393. The van der Waals surface area contributed by atoms with Gasteiger partial charge >= 0.3 is 0 Å². The molecule has 2 aliphatic carbocycles. The summed E-state index contributed by atoms with van der Waals surface area (Å²) >= 11 is 2.91. The Morgan fingerprint density at radius 2 is 0.352 bits per heavy atom. The minimum absolute atomic E-state index is 0.0532. The summed E-state index contributed by atoms with van der Waals surface area (Å²) in [6.45, 7) is 14.0. The Morgan fingerprint density at radius 1 is 0.194 bits per heavy atom. The second kappa shape index (κ2) is 59.0. The fraction of sp³-hybridized carbons (Fsp3) is 0.824. The van der Waals surface area contributed by atoms with E-state index < -0.39 is 0 Å². The van der Waals surface area contributed by atoms with Crippen molar-refractivity contribution in [1.29, 1.82) is 0 Å². The summed E-state index contributed by atoms with van der Waals surface area (Å²) in [5, 5.41) is 0. The number of fused-ring (bicyclic) bond motifs is 10. The SMILES string of the molecule is CCCCCCCCCCCCCCCCCCCCC1(CCCCCCCCCCCCCCCCCCCC)c2cc3c(cc2-c2c1cc(C)c1nsnc21)C(CCCCCCCCCCCCCCCCCCCC)(CCCCCCCCCCCCCCCCCCCC)c1cc(C)c2nsnc2c1-3. The largest absolute Gasteiger partial charge is 0.173 e. The Bertz CT molecular complexity index is 2720. The van der Waals surface area contributed by atoms with Gasteiger partial charge in [0.15, 0.2) is 0 Å². The zero-order valence-electron chi connectivity index (χ0n) is 72.7. The summed E-state index contributed by atoms with van der Waals surface area (Å²) in [6.07, 6.45) is 107. The number of benzene rings is 3. The van der Waals surface area contributed by atoms with Gasteiger partial charge in [-0.25, -0.2) is 0 Å². The lowest BCUT2D eigenvalue weighted by atomic mass is 9.68. The second-order valence-electron chi connectivity index (χ2n) is 36.3. The van der Waals surface area contributed by atoms with E-state index in [1.807, 2.05) is 0 Å². The highest BCUT2D eigenvalue weighted by Crippen LogP contribution is 2.63. The predicted octanol–water partition coefficient (Wildman–Crippen LogP) is 36.6. The first-order valence-electron chi connectivity index (χ1n) is 49.2. The zero-order chi connectivity index (χ0) is 75.9. The molecule has 0 amide bonds. The molecule has 2 aromatic heterocycles. The van der Waals surface area contributed by atoms with Crippen molar-refractivity contribution in [3.63, 3.8) is 0 Å². The van der Waals surface area contributed by atoms with Crippen molar-refractivity contribution < 1.29 is 0 Å². The standard InChI is InChI=1S/C102H174N4S2/c1-7-11-15-19-23-27-31-35-39-43-47-51-55-59-63-67-71-75-79-101(80-76-72-68-64-60-56-52-48-44-40-36-32-28-24-20-16-12-8-2)91-85-90-92(86-89(91)95-93(101)83-87(5)97-99(95)105-107-103-97)102(94-84-88(6)98-100(96(90)94)106-108-104-98,81-77-73-69-65-61-57-53-49-45-41-37-33-29-25-21-17-13-9-3)82-78-74-70-66-62-58-54-50-46-42-38-34-30-26-22-18-14-10-4/h83-86H,7-82H2,1-6H3. The highest BCUT2D eigenvalue weighted by atomic mass is 32.1. The molecule has 108 heavy (non-hydrogen) atoms. The number of hydrogen-bond acceptors (Lipinski definition) is 6. The van der Waals surface area contributed by atoms with Crippen molar-refractivity contribution in [3.8, 4) is 22.3 Å². The maximum atomic E-state index is 5.37. The summed E-state index contributed by atoms with van der Waals surface area (Å²) in [4.78, 5) is 0. The van der Waals surface area contributed by atoms with E-state index >= 15 is 0 Å². The van der Waals surface area contributed by atoms with Gasteiger partial charge in [-0.2, -0.15) is 17.5 Å². The van der Waals surface area contributed by atoms with Gasteiger partial charge in [-0.1, -0.05) is 502 Å². The average Bonchev–Trinajstić information content (AvgIpc) is 1.52. The van der Waals surface area contributed by atoms with Crippen LogP contribution in [0.3, 0.4) is 0 Å². The molecule has 0 saturated heterocycles. The Balaban J connectivity index is 1.06. The summed E-state index contributed by atoms with van der Waals surface area (Å²) in [5.41, 5.74) is 19.6. The maximum Gasteiger partial charge on any atom is 0.113 e. The smallest absolute Gasteiger partial charge is 0.113 e. The number of aromatic nitrogens is 4. The molecule has 0 saturated carbocycles. The molecule has 0 unspecified atom stereocenters. The van der Waals surface area contributed by atoms with Gasteiger partial charge in [-0.3, -0.25) is 0 Å². The van der Waals surface area contributed by atoms with Crippen molar-refractivity contribution in [2.45, 2.75) is 540 Å². The molecule has 2 heterocycles. The molecule has 614 valence electrons. The first kappa shape index (κ1) is 92.5. The molecular weight excluding hydrogens is 1350 g/mol. The van der Waals surface area contributed by atoms with Crippen molar-refractivity contribution in [2.24, 2.45) is 0 Å². The monoisotopic (exact) mass is 1520 g/mol. The first-order valence-corrected chi connectivity index (χ1v) is 50.6. The zero-order valence-corrected chi connectivity index (χ0v) is 74.3. The average molecular weight is 1520 g/mol. The second-order valence-corrected chi connectivity index (χ2v) is 37.4. The van der Waals surface area contributed by atoms with Crippen molar-refractivity contribution >= 4 is 45.5 Å². The van der Waals surface area contributed by atoms with Crippen LogP contribution in [-0.2, 0) is 10.8 Å². The van der Waals surface area contributed by atoms with Crippen LogP contribution in [0.15, 0.2) is 24.3 Å². The fourth-order valence-electron chi connectivity index (χ4n) is 20.2. The number of nitrogens with zero attached hydrogens (tertiary/aromatic N) is 4. The van der Waals surface area contributed by atoms with E-state index in [0.717, 1.165) is 11.0 Å². The summed E-state index contributed by atoms with van der Waals surface area (Å²) in [7, 11) is 0. The Hall–Kier alpha value is -2.70. The molecule has 5 aromatic rings. The number of rotatable bonds is 76. The molecule has 0 N–H and O–H groups in total. The first-order chi connectivity index (χ1) is 53.5. The molecule has 0 atom stereocenters. The number of hydrogen-bond donors (Lipinski definition) is 0. The topological polar surface area (TPSA) is 51.6 Å². The summed E-state index contributed by atoms with van der Waals surface area (Å²) in [6, 6.07) is 11.0. The Kier molecular flexibility index (Phi) is 50.6. The molecule has 2 aliphatic rings. The third-order valence-electron chi connectivity index (χ3n) is 27.0. The molecule has 4 nitrogen and oxygen atoms in total. The van der Waals surface area contributed by atoms with Crippen LogP contribution in [-0.4, -0.2) is 17.5 Å². The van der Waals surface area contributed by atoms with Crippen LogP contribution in [0.4, 0.5) is 0 Å². The third kappa shape index (κ3) is 32.9. The van der Waals surface area contributed by atoms with E-state index in [0.29, 0.717) is 0 Å². The van der Waals surface area contributed by atoms with Gasteiger partial charge in [0.2, 0.25) is 0 Å². The highest BCUT2D eigenvalue weighted by Gasteiger charge is 2.50. The van der Waals surface area contributed by atoms with E-state index in [9.17, 15) is 0 Å². The van der Waals surface area contributed by atoms with Gasteiger partial charge in [0, 0.05) is 22.0 Å². The normalized spacial score (nSPS) is 13.5. The lowest BCUT2D eigenvalue weighted by Gasteiger charge is -2.35. The minimum atomic E-state index is -0.0532. The van der Waals surface area contributed by atoms with Gasteiger partial charge in [-0.15, -0.1) is 0 Å². The minimum Gasteiger partial charge on any atom is -0.173 e. The fourth-order valence-corrected chi connectivity index (χ4v) is 21.5. The van der Waals surface area contributed by atoms with Crippen LogP contribution in [0.1, 0.15) is 549 Å². The van der Waals surface area contributed by atoms with Crippen LogP contribution in [0, 0.1) is 13.8 Å². The molecule has 7 rings (SSSR count). The Morgan fingerprint density at radius 3 is 0.528 bits per heavy atom. The molecule has 0 spiro atoms. The van der Waals surface area contributed by atoms with Crippen LogP contribution in [0.2, 0.25) is 0 Å². The molecule has 0 radical (unpaired) electrons. The van der Waals surface area contributed by atoms with Crippen molar-refractivity contribution in [1.82, 2.24) is 17.5 Å². The quantitative estimate of drug-likeness (QED) is 0.0364. The van der Waals surface area contributed by atoms with Crippen LogP contribution >= 0.6 is 23.5 Å². The molecule has 6 heteroatoms. The highest BCUT2D eigenvalue weighted by molar-refractivity contribution is 7.00. The van der Waals surface area contributed by atoms with Crippen LogP contribution in [0.5, 0.6) is 0 Å². The van der Waals surface area contributed by atoms with E-state index in [4.69, 9.17) is 17.5 Å². The molecular formula is C102H174N4S2. The van der Waals surface area contributed by atoms with Crippen molar-refractivity contribution in [2.75, 3.05) is 0 Å². The van der Waals surface area contributed by atoms with Crippen LogP contribution in [0.25, 0.3) is 44.3 Å². The van der Waals surface area contributed by atoms with E-state index in [2.05, 4.69) is 65.8 Å². The van der Waals surface area contributed by atoms with E-state index in [1.165, 1.54) is 556 Å². The van der Waals surface area contributed by atoms with Crippen molar-refractivity contribution in [3.05, 3.63) is 57.6 Å². The third-order valence-corrected chi connectivity index (χ3v) is 28.1. The van der Waals surface area contributed by atoms with Gasteiger partial charge in [0.25, 0.3) is 0 Å². The van der Waals surface area contributed by atoms with Gasteiger partial charge in [0.05, 0.1) is 23.5 Å². The maximum absolute atomic E-state index is 5.37. The van der Waals surface area contributed by atoms with Gasteiger partial charge < -0.3 is 0 Å². The summed E-state index contributed by atoms with van der Waals surface area (Å²) in [5.74, 6) is 0. The lowest BCUT2D eigenvalue weighted by Crippen LogP contribution is -2.27. The molecule has 0 aliphatic heterocycles. The molecule has 3 aromatic carbocycles. The molecule has 0 fully saturated rings. The number of unbranched alkanes of at least 4 members (excludes halogenated alkanes) is 68. The van der Waals surface area contributed by atoms with E-state index in [-0.39, 0.29) is 10.8 Å².